The first-order valence-corrected chi connectivity index (χ1v) is 13.7. The highest BCUT2D eigenvalue weighted by Gasteiger charge is 2.20. The van der Waals surface area contributed by atoms with E-state index in [2.05, 4.69) is 0 Å². The molecule has 0 amide bonds. The number of aryl methyl sites for hydroxylation is 4. The lowest BCUT2D eigenvalue weighted by Crippen LogP contribution is -2.02. The molecule has 4 aromatic carbocycles. The molecule has 0 fully saturated rings. The van der Waals surface area contributed by atoms with Gasteiger partial charge in [0.15, 0.2) is 46.0 Å². The maximum absolute atomic E-state index is 6.47. The van der Waals surface area contributed by atoms with Gasteiger partial charge in [-0.25, -0.2) is 0 Å². The molecule has 0 aromatic heterocycles. The molecule has 8 bridgehead atoms. The van der Waals surface area contributed by atoms with Crippen LogP contribution in [0.25, 0.3) is 0 Å². The van der Waals surface area contributed by atoms with Gasteiger partial charge >= 0.3 is 0 Å². The van der Waals surface area contributed by atoms with Gasteiger partial charge in [-0.1, -0.05) is 12.1 Å². The van der Waals surface area contributed by atoms with Gasteiger partial charge in [0.2, 0.25) is 11.5 Å². The molecule has 0 saturated heterocycles. The van der Waals surface area contributed by atoms with Gasteiger partial charge in [-0.2, -0.15) is 0 Å². The Morgan fingerprint density at radius 3 is 1.10 bits per heavy atom. The highest BCUT2D eigenvalue weighted by Crippen LogP contribution is 2.45. The van der Waals surface area contributed by atoms with Crippen molar-refractivity contribution in [3.05, 3.63) is 82.9 Å². The van der Waals surface area contributed by atoms with Gasteiger partial charge in [0, 0.05) is 0 Å². The Morgan fingerprint density at radius 2 is 0.738 bits per heavy atom. The first-order valence-electron chi connectivity index (χ1n) is 13.7. The van der Waals surface area contributed by atoms with Gasteiger partial charge in [0.25, 0.3) is 0 Å². The van der Waals surface area contributed by atoms with Crippen molar-refractivity contribution in [1.29, 1.82) is 0 Å². The van der Waals surface area contributed by atoms with E-state index in [4.69, 9.17) is 37.9 Å². The minimum atomic E-state index is 0.510. The van der Waals surface area contributed by atoms with Crippen LogP contribution in [-0.2, 0) is 25.7 Å². The summed E-state index contributed by atoms with van der Waals surface area (Å²) in [5.41, 5.74) is 4.19. The summed E-state index contributed by atoms with van der Waals surface area (Å²) >= 11 is 0. The lowest BCUT2D eigenvalue weighted by molar-refractivity contribution is 0.328. The Bertz CT molecular complexity index is 1450. The minimum Gasteiger partial charge on any atom is -0.493 e. The Labute approximate surface area is 246 Å². The molecular formula is C34H36O8. The summed E-state index contributed by atoms with van der Waals surface area (Å²) < 4.78 is 47.0. The Hall–Kier alpha value is -4.72. The van der Waals surface area contributed by atoms with Crippen molar-refractivity contribution in [3.63, 3.8) is 0 Å². The lowest BCUT2D eigenvalue weighted by Gasteiger charge is -2.19. The van der Waals surface area contributed by atoms with Crippen molar-refractivity contribution in [2.24, 2.45) is 0 Å². The van der Waals surface area contributed by atoms with Crippen molar-refractivity contribution >= 4 is 0 Å². The van der Waals surface area contributed by atoms with Crippen molar-refractivity contribution in [2.75, 3.05) is 42.7 Å². The molecule has 0 spiro atoms. The van der Waals surface area contributed by atoms with Crippen LogP contribution in [0.15, 0.2) is 60.7 Å². The number of benzene rings is 4. The van der Waals surface area contributed by atoms with Crippen molar-refractivity contribution in [1.82, 2.24) is 0 Å². The zero-order valence-corrected chi connectivity index (χ0v) is 24.9. The van der Waals surface area contributed by atoms with E-state index in [1.165, 1.54) is 0 Å². The summed E-state index contributed by atoms with van der Waals surface area (Å²) in [5, 5.41) is 0. The smallest absolute Gasteiger partial charge is 0.203 e. The second-order valence-electron chi connectivity index (χ2n) is 9.83. The lowest BCUT2D eigenvalue weighted by atomic mass is 10.0. The van der Waals surface area contributed by atoms with Gasteiger partial charge in [0.1, 0.15) is 0 Å². The van der Waals surface area contributed by atoms with Crippen molar-refractivity contribution < 1.29 is 37.9 Å². The van der Waals surface area contributed by atoms with Crippen molar-refractivity contribution in [2.45, 2.75) is 25.7 Å². The van der Waals surface area contributed by atoms with Crippen LogP contribution in [0.3, 0.4) is 0 Å². The SMILES string of the molecule is COc1ccc2cc1Oc1cc(cc(OC)c1OC)CCc1cc(OC)c(OC)c(c1)Oc1cc(ccc1OC)CC2. The van der Waals surface area contributed by atoms with Gasteiger partial charge in [-0.15, -0.1) is 0 Å². The average Bonchev–Trinajstić information content (AvgIpc) is 3.02. The number of fused-ring (bicyclic) bond motifs is 8. The van der Waals surface area contributed by atoms with Crippen LogP contribution in [-0.4, -0.2) is 42.7 Å². The van der Waals surface area contributed by atoms with E-state index in [1.807, 2.05) is 60.7 Å². The molecule has 1 aliphatic rings. The second kappa shape index (κ2) is 12.9. The van der Waals surface area contributed by atoms with Gasteiger partial charge in [-0.05, 0) is 96.5 Å². The highest BCUT2D eigenvalue weighted by atomic mass is 16.6. The van der Waals surface area contributed by atoms with Crippen LogP contribution in [0.5, 0.6) is 57.5 Å². The first kappa shape index (κ1) is 28.8. The van der Waals surface area contributed by atoms with Crippen LogP contribution < -0.4 is 37.9 Å². The van der Waals surface area contributed by atoms with Crippen LogP contribution in [0.4, 0.5) is 0 Å². The molecule has 8 nitrogen and oxygen atoms in total. The largest absolute Gasteiger partial charge is 0.493 e. The zero-order valence-electron chi connectivity index (χ0n) is 24.9. The Kier molecular flexibility index (Phi) is 8.81. The van der Waals surface area contributed by atoms with Gasteiger partial charge < -0.3 is 37.9 Å². The maximum Gasteiger partial charge on any atom is 0.203 e. The predicted octanol–water partition coefficient (Wildman–Crippen LogP) is 7.21. The summed E-state index contributed by atoms with van der Waals surface area (Å²) in [5.74, 6) is 5.70. The standard InChI is InChI=1S/C34H36O8/c1-35-25-13-11-21-7-8-22-12-14-26(36-2)28(16-22)42-32-20-24(18-30(38-4)34(32)40-6)10-9-23-17-29(37-3)33(39-5)31(19-23)41-27(25)15-21/h11-20H,7-10H2,1-6H3. The molecule has 0 saturated carbocycles. The van der Waals surface area contributed by atoms with E-state index in [0.717, 1.165) is 35.1 Å². The molecule has 0 unspecified atom stereocenters. The summed E-state index contributed by atoms with van der Waals surface area (Å²) in [6, 6.07) is 19.8. The van der Waals surface area contributed by atoms with Crippen molar-refractivity contribution in [3.8, 4) is 57.5 Å². The number of rotatable bonds is 6. The van der Waals surface area contributed by atoms with E-state index in [9.17, 15) is 0 Å². The predicted molar refractivity (Wildman–Crippen MR) is 160 cm³/mol. The highest BCUT2D eigenvalue weighted by molar-refractivity contribution is 5.59. The third-order valence-corrected chi connectivity index (χ3v) is 7.31. The summed E-state index contributed by atoms with van der Waals surface area (Å²) in [4.78, 5) is 0. The summed E-state index contributed by atoms with van der Waals surface area (Å²) in [7, 11) is 9.70. The Morgan fingerprint density at radius 1 is 0.381 bits per heavy atom. The number of methoxy groups -OCH3 is 6. The molecule has 0 atom stereocenters. The molecule has 5 rings (SSSR count). The minimum absolute atomic E-state index is 0.510. The molecule has 8 heteroatoms. The second-order valence-corrected chi connectivity index (χ2v) is 9.83. The normalized spacial score (nSPS) is 12.5. The summed E-state index contributed by atoms with van der Waals surface area (Å²) in [6.07, 6.45) is 2.89. The fraction of sp³-hybridized carbons (Fsp3) is 0.294. The number of hydrogen-bond donors (Lipinski definition) is 0. The van der Waals surface area contributed by atoms with E-state index < -0.39 is 0 Å². The topological polar surface area (TPSA) is 73.8 Å². The third kappa shape index (κ3) is 5.98. The molecule has 220 valence electrons. The molecule has 1 aliphatic heterocycles. The van der Waals surface area contributed by atoms with Crippen LogP contribution >= 0.6 is 0 Å². The summed E-state index contributed by atoms with van der Waals surface area (Å²) in [6.45, 7) is 0. The molecular weight excluding hydrogens is 536 g/mol. The van der Waals surface area contributed by atoms with E-state index >= 15 is 0 Å². The molecule has 1 heterocycles. The molecule has 0 radical (unpaired) electrons. The monoisotopic (exact) mass is 572 g/mol. The first-order chi connectivity index (χ1) is 20.5. The average molecular weight is 573 g/mol. The number of ether oxygens (including phenoxy) is 8. The van der Waals surface area contributed by atoms with E-state index in [0.29, 0.717) is 70.3 Å². The van der Waals surface area contributed by atoms with Gasteiger partial charge in [-0.3, -0.25) is 0 Å². The Balaban J connectivity index is 1.66. The van der Waals surface area contributed by atoms with Crippen LogP contribution in [0.1, 0.15) is 22.3 Å². The molecule has 0 N–H and O–H groups in total. The van der Waals surface area contributed by atoms with Crippen LogP contribution in [0, 0.1) is 0 Å². The fourth-order valence-corrected chi connectivity index (χ4v) is 5.13. The molecule has 4 aromatic rings. The number of hydrogen-bond acceptors (Lipinski definition) is 8. The van der Waals surface area contributed by atoms with Crippen LogP contribution in [0.2, 0.25) is 0 Å². The van der Waals surface area contributed by atoms with E-state index in [-0.39, 0.29) is 0 Å². The molecule has 42 heavy (non-hydrogen) atoms. The maximum atomic E-state index is 6.47. The van der Waals surface area contributed by atoms with Gasteiger partial charge in [0.05, 0.1) is 42.7 Å². The molecule has 0 aliphatic carbocycles. The fourth-order valence-electron chi connectivity index (χ4n) is 5.13. The quantitative estimate of drug-likeness (QED) is 0.240. The van der Waals surface area contributed by atoms with E-state index in [1.54, 1.807) is 42.7 Å². The zero-order chi connectivity index (χ0) is 29.6. The third-order valence-electron chi connectivity index (χ3n) is 7.31.